The Morgan fingerprint density at radius 1 is 1.35 bits per heavy atom. The lowest BCUT2D eigenvalue weighted by molar-refractivity contribution is 0.0695. The van der Waals surface area contributed by atoms with E-state index in [9.17, 15) is 4.79 Å². The van der Waals surface area contributed by atoms with Gasteiger partial charge in [0.15, 0.2) is 0 Å². The van der Waals surface area contributed by atoms with E-state index in [2.05, 4.69) is 6.58 Å². The van der Waals surface area contributed by atoms with E-state index in [1.54, 1.807) is 6.07 Å². The zero-order valence-electron chi connectivity index (χ0n) is 10.7. The molecule has 0 aliphatic carbocycles. The fraction of sp³-hybridized carbons (Fsp3) is 0.357. The van der Waals surface area contributed by atoms with Crippen LogP contribution in [0.15, 0.2) is 30.4 Å². The number of carboxylic acids is 1. The topological polar surface area (TPSA) is 46.5 Å². The fourth-order valence-electron chi connectivity index (χ4n) is 1.31. The van der Waals surface area contributed by atoms with Gasteiger partial charge in [-0.1, -0.05) is 6.58 Å². The van der Waals surface area contributed by atoms with Gasteiger partial charge in [-0.3, -0.25) is 0 Å². The summed E-state index contributed by atoms with van der Waals surface area (Å²) >= 11 is 0. The largest absolute Gasteiger partial charge is 0.484 e. The van der Waals surface area contributed by atoms with Crippen LogP contribution in [-0.2, 0) is 0 Å². The molecule has 0 saturated carbocycles. The normalized spacial score (nSPS) is 11.1. The van der Waals surface area contributed by atoms with Gasteiger partial charge in [-0.15, -0.1) is 0 Å². The van der Waals surface area contributed by atoms with Crippen molar-refractivity contribution in [3.8, 4) is 5.75 Å². The van der Waals surface area contributed by atoms with Crippen molar-refractivity contribution in [2.75, 3.05) is 0 Å². The van der Waals surface area contributed by atoms with Crippen molar-refractivity contribution in [3.05, 3.63) is 41.5 Å². The molecule has 0 saturated heterocycles. The summed E-state index contributed by atoms with van der Waals surface area (Å²) in [5.41, 5.74) is 1.47. The third-order valence-corrected chi connectivity index (χ3v) is 2.70. The third kappa shape index (κ3) is 3.34. The van der Waals surface area contributed by atoms with Gasteiger partial charge in [0, 0.05) is 0 Å². The van der Waals surface area contributed by atoms with Crippen LogP contribution in [0.1, 0.15) is 36.7 Å². The summed E-state index contributed by atoms with van der Waals surface area (Å²) in [7, 11) is 0. The van der Waals surface area contributed by atoms with Crippen molar-refractivity contribution in [1.29, 1.82) is 0 Å². The quantitative estimate of drug-likeness (QED) is 0.812. The monoisotopic (exact) mass is 234 g/mol. The number of aromatic carboxylic acids is 1. The van der Waals surface area contributed by atoms with Crippen LogP contribution in [0.4, 0.5) is 0 Å². The van der Waals surface area contributed by atoms with Gasteiger partial charge < -0.3 is 9.84 Å². The first kappa shape index (κ1) is 13.3. The van der Waals surface area contributed by atoms with Crippen molar-refractivity contribution < 1.29 is 14.6 Å². The second-order valence-electron chi connectivity index (χ2n) is 4.73. The number of hydrogen-bond acceptors (Lipinski definition) is 2. The van der Waals surface area contributed by atoms with Gasteiger partial charge in [-0.2, -0.15) is 0 Å². The number of carbonyl (C=O) groups is 1. The van der Waals surface area contributed by atoms with E-state index in [4.69, 9.17) is 9.84 Å². The minimum Gasteiger partial charge on any atom is -0.484 e. The van der Waals surface area contributed by atoms with E-state index in [0.29, 0.717) is 5.75 Å². The van der Waals surface area contributed by atoms with Crippen molar-refractivity contribution >= 4 is 5.97 Å². The minimum absolute atomic E-state index is 0.234. The Labute approximate surface area is 102 Å². The van der Waals surface area contributed by atoms with Crippen LogP contribution >= 0.6 is 0 Å². The number of benzene rings is 1. The second kappa shape index (κ2) is 4.62. The molecule has 17 heavy (non-hydrogen) atoms. The molecule has 1 rings (SSSR count). The van der Waals surface area contributed by atoms with E-state index >= 15 is 0 Å². The lowest BCUT2D eigenvalue weighted by Crippen LogP contribution is -2.29. The van der Waals surface area contributed by atoms with Gasteiger partial charge in [-0.05, 0) is 57.0 Å². The Hall–Kier alpha value is -1.77. The van der Waals surface area contributed by atoms with Crippen LogP contribution in [0.5, 0.6) is 5.75 Å². The van der Waals surface area contributed by atoms with Gasteiger partial charge in [0.1, 0.15) is 11.4 Å². The molecular weight excluding hydrogens is 216 g/mol. The zero-order chi connectivity index (χ0) is 13.2. The highest BCUT2D eigenvalue weighted by molar-refractivity contribution is 5.88. The molecule has 1 N–H and O–H groups in total. The Morgan fingerprint density at radius 3 is 2.41 bits per heavy atom. The average Bonchev–Trinajstić information content (AvgIpc) is 2.15. The maximum atomic E-state index is 10.9. The second-order valence-corrected chi connectivity index (χ2v) is 4.73. The molecule has 0 unspecified atom stereocenters. The van der Waals surface area contributed by atoms with Crippen LogP contribution in [0, 0.1) is 6.92 Å². The van der Waals surface area contributed by atoms with Crippen LogP contribution in [0.3, 0.4) is 0 Å². The summed E-state index contributed by atoms with van der Waals surface area (Å²) in [6.45, 7) is 11.4. The summed E-state index contributed by atoms with van der Waals surface area (Å²) in [6, 6.07) is 4.96. The number of aryl methyl sites for hydroxylation is 1. The predicted octanol–water partition coefficient (Wildman–Crippen LogP) is 3.43. The molecule has 3 heteroatoms. The van der Waals surface area contributed by atoms with E-state index < -0.39 is 11.6 Å². The summed E-state index contributed by atoms with van der Waals surface area (Å²) < 4.78 is 5.77. The molecule has 0 heterocycles. The Bertz CT molecular complexity index is 459. The Kier molecular flexibility index (Phi) is 3.61. The average molecular weight is 234 g/mol. The highest BCUT2D eigenvalue weighted by atomic mass is 16.5. The highest BCUT2D eigenvalue weighted by Gasteiger charge is 2.21. The molecule has 3 nitrogen and oxygen atoms in total. The lowest BCUT2D eigenvalue weighted by atomic mass is 10.0. The van der Waals surface area contributed by atoms with Crippen molar-refractivity contribution in [2.45, 2.75) is 33.3 Å². The van der Waals surface area contributed by atoms with Crippen LogP contribution in [-0.4, -0.2) is 16.7 Å². The Morgan fingerprint density at radius 2 is 1.94 bits per heavy atom. The molecule has 0 aromatic heterocycles. The summed E-state index contributed by atoms with van der Waals surface area (Å²) in [4.78, 5) is 10.9. The maximum absolute atomic E-state index is 10.9. The predicted molar refractivity (Wildman–Crippen MR) is 67.7 cm³/mol. The van der Waals surface area contributed by atoms with E-state index in [1.165, 1.54) is 6.07 Å². The third-order valence-electron chi connectivity index (χ3n) is 2.70. The van der Waals surface area contributed by atoms with Crippen LogP contribution in [0.25, 0.3) is 0 Å². The molecule has 1 aromatic rings. The molecule has 0 fully saturated rings. The van der Waals surface area contributed by atoms with E-state index in [-0.39, 0.29) is 5.56 Å². The van der Waals surface area contributed by atoms with Crippen LogP contribution < -0.4 is 4.74 Å². The zero-order valence-corrected chi connectivity index (χ0v) is 10.7. The van der Waals surface area contributed by atoms with Gasteiger partial charge >= 0.3 is 5.97 Å². The smallest absolute Gasteiger partial charge is 0.335 e. The SMILES string of the molecule is C=C(C)C(C)(C)Oc1cc(C)cc(C(=O)O)c1. The van der Waals surface area contributed by atoms with Crippen molar-refractivity contribution in [3.63, 3.8) is 0 Å². The first-order chi connectivity index (χ1) is 7.72. The first-order valence-corrected chi connectivity index (χ1v) is 5.42. The van der Waals surface area contributed by atoms with Gasteiger partial charge in [0.2, 0.25) is 0 Å². The number of ether oxygens (including phenoxy) is 1. The Balaban J connectivity index is 3.07. The number of hydrogen-bond donors (Lipinski definition) is 1. The van der Waals surface area contributed by atoms with Gasteiger partial charge in [0.25, 0.3) is 0 Å². The molecule has 0 amide bonds. The molecule has 0 atom stereocenters. The maximum Gasteiger partial charge on any atom is 0.335 e. The molecule has 0 aliphatic heterocycles. The van der Waals surface area contributed by atoms with Gasteiger partial charge in [0.05, 0.1) is 5.56 Å². The minimum atomic E-state index is -0.952. The summed E-state index contributed by atoms with van der Waals surface area (Å²) in [5.74, 6) is -0.401. The van der Waals surface area contributed by atoms with Crippen molar-refractivity contribution in [2.24, 2.45) is 0 Å². The summed E-state index contributed by atoms with van der Waals surface area (Å²) in [6.07, 6.45) is 0. The highest BCUT2D eigenvalue weighted by Crippen LogP contribution is 2.25. The van der Waals surface area contributed by atoms with Crippen LogP contribution in [0.2, 0.25) is 0 Å². The first-order valence-electron chi connectivity index (χ1n) is 5.42. The molecule has 1 aromatic carbocycles. The van der Waals surface area contributed by atoms with Gasteiger partial charge in [-0.25, -0.2) is 4.79 Å². The number of carboxylic acid groups (broad SMARTS) is 1. The van der Waals surface area contributed by atoms with E-state index in [1.807, 2.05) is 33.8 Å². The lowest BCUT2D eigenvalue weighted by Gasteiger charge is -2.27. The molecule has 0 radical (unpaired) electrons. The van der Waals surface area contributed by atoms with Crippen molar-refractivity contribution in [1.82, 2.24) is 0 Å². The molecule has 0 bridgehead atoms. The number of rotatable bonds is 4. The van der Waals surface area contributed by atoms with E-state index in [0.717, 1.165) is 11.1 Å². The summed E-state index contributed by atoms with van der Waals surface area (Å²) in [5, 5.41) is 8.97. The molecule has 0 spiro atoms. The fourth-order valence-corrected chi connectivity index (χ4v) is 1.31. The molecule has 0 aliphatic rings. The molecular formula is C14H18O3. The standard InChI is InChI=1S/C14H18O3/c1-9(2)14(4,5)17-12-7-10(3)6-11(8-12)13(15)16/h6-8H,1H2,2-5H3,(H,15,16). The molecule has 92 valence electrons.